The van der Waals surface area contributed by atoms with Crippen molar-refractivity contribution < 1.29 is 45.8 Å². The average molecular weight is 655 g/mol. The highest BCUT2D eigenvalue weighted by Gasteiger charge is 2.32. The molecule has 4 aromatic rings. The van der Waals surface area contributed by atoms with Crippen LogP contribution >= 0.6 is 15.9 Å². The molecule has 0 saturated carbocycles. The molecule has 0 aliphatic heterocycles. The van der Waals surface area contributed by atoms with E-state index in [1.165, 1.54) is 6.20 Å². The first-order valence-corrected chi connectivity index (χ1v) is 12.7. The van der Waals surface area contributed by atoms with E-state index in [4.69, 9.17) is 14.9 Å². The second-order valence-electron chi connectivity index (χ2n) is 8.87. The lowest BCUT2D eigenvalue weighted by atomic mass is 10.1. The van der Waals surface area contributed by atoms with Crippen molar-refractivity contribution in [1.29, 1.82) is 0 Å². The van der Waals surface area contributed by atoms with Crippen LogP contribution in [-0.4, -0.2) is 38.5 Å². The highest BCUT2D eigenvalue weighted by atomic mass is 79.9. The molecule has 0 saturated heterocycles. The van der Waals surface area contributed by atoms with Crippen molar-refractivity contribution in [3.63, 3.8) is 0 Å². The minimum atomic E-state index is -4.57. The van der Waals surface area contributed by atoms with Crippen LogP contribution in [0.3, 0.4) is 0 Å². The third kappa shape index (κ3) is 6.67. The number of nitrogens with two attached hydrogens (primary N) is 1. The minimum Gasteiger partial charge on any atom is -0.476 e. The van der Waals surface area contributed by atoms with E-state index < -0.39 is 59.3 Å². The van der Waals surface area contributed by atoms with Gasteiger partial charge >= 0.3 is 12.3 Å². The van der Waals surface area contributed by atoms with Crippen LogP contribution in [0.1, 0.15) is 39.2 Å². The second-order valence-corrected chi connectivity index (χ2v) is 9.59. The number of benzene rings is 2. The first kappa shape index (κ1) is 30.4. The molecule has 2 amide bonds. The molecule has 0 radical (unpaired) electrons. The quantitative estimate of drug-likeness (QED) is 0.197. The summed E-state index contributed by atoms with van der Waals surface area (Å²) < 4.78 is 79.5. The lowest BCUT2D eigenvalue weighted by Crippen LogP contribution is -2.35. The van der Waals surface area contributed by atoms with E-state index in [-0.39, 0.29) is 28.4 Å². The maximum atomic E-state index is 15.1. The van der Waals surface area contributed by atoms with Crippen molar-refractivity contribution in [3.8, 4) is 17.0 Å². The van der Waals surface area contributed by atoms with Gasteiger partial charge in [-0.05, 0) is 58.7 Å². The molecule has 3 N–H and O–H groups in total. The minimum absolute atomic E-state index is 0.0368. The Bertz CT molecular complexity index is 1630. The van der Waals surface area contributed by atoms with Crippen LogP contribution in [0.5, 0.6) is 5.75 Å². The zero-order valence-electron chi connectivity index (χ0n) is 21.5. The summed E-state index contributed by atoms with van der Waals surface area (Å²) in [5.41, 5.74) is 4.45. The van der Waals surface area contributed by atoms with Gasteiger partial charge in [-0.3, -0.25) is 14.7 Å². The Kier molecular flexibility index (Phi) is 8.80. The van der Waals surface area contributed by atoms with Crippen molar-refractivity contribution in [1.82, 2.24) is 14.9 Å². The van der Waals surface area contributed by atoms with Crippen LogP contribution in [-0.2, 0) is 12.7 Å². The Morgan fingerprint density at radius 1 is 1.14 bits per heavy atom. The fourth-order valence-electron chi connectivity index (χ4n) is 3.92. The van der Waals surface area contributed by atoms with Crippen LogP contribution in [0.15, 0.2) is 63.8 Å². The summed E-state index contributed by atoms with van der Waals surface area (Å²) >= 11 is 3.15. The number of aromatic nitrogens is 2. The fourth-order valence-corrected chi connectivity index (χ4v) is 4.40. The molecule has 0 aliphatic rings. The van der Waals surface area contributed by atoms with Gasteiger partial charge in [0, 0.05) is 17.5 Å². The van der Waals surface area contributed by atoms with Crippen LogP contribution in [0, 0.1) is 18.6 Å². The maximum absolute atomic E-state index is 15.1. The SMILES string of the molecule is Cc1ncccc1CN(CC(Oc1ccc(F)c(C(N)=O)c1F)c1nc(-c2ccc(C(F)(F)F)cc2)c(Br)o1)C(=O)O. The summed E-state index contributed by atoms with van der Waals surface area (Å²) in [4.78, 5) is 33.1. The lowest BCUT2D eigenvalue weighted by molar-refractivity contribution is -0.137. The van der Waals surface area contributed by atoms with Crippen molar-refractivity contribution in [2.45, 2.75) is 25.7 Å². The van der Waals surface area contributed by atoms with Gasteiger partial charge in [0.05, 0.1) is 18.7 Å². The number of aryl methyl sites for hydroxylation is 1. The number of carbonyl (C=O) groups excluding carboxylic acids is 1. The summed E-state index contributed by atoms with van der Waals surface area (Å²) in [5.74, 6) is -5.06. The van der Waals surface area contributed by atoms with Crippen LogP contribution in [0.2, 0.25) is 0 Å². The van der Waals surface area contributed by atoms with Crippen LogP contribution in [0.4, 0.5) is 26.7 Å². The predicted molar refractivity (Wildman–Crippen MR) is 140 cm³/mol. The number of alkyl halides is 3. The summed E-state index contributed by atoms with van der Waals surface area (Å²) in [6.07, 6.45) is -5.95. The molecule has 0 bridgehead atoms. The van der Waals surface area contributed by atoms with Crippen molar-refractivity contribution >= 4 is 27.9 Å². The molecule has 2 heterocycles. The van der Waals surface area contributed by atoms with Crippen LogP contribution < -0.4 is 10.5 Å². The van der Waals surface area contributed by atoms with Gasteiger partial charge in [-0.15, -0.1) is 0 Å². The van der Waals surface area contributed by atoms with Gasteiger partial charge in [0.15, 0.2) is 22.3 Å². The van der Waals surface area contributed by atoms with E-state index in [0.717, 1.165) is 41.3 Å². The average Bonchev–Trinajstić information content (AvgIpc) is 3.31. The summed E-state index contributed by atoms with van der Waals surface area (Å²) in [5, 5.41) is 9.94. The van der Waals surface area contributed by atoms with Crippen molar-refractivity contribution in [2.75, 3.05) is 6.54 Å². The number of ether oxygens (including phenoxy) is 1. The number of amides is 2. The molecule has 9 nitrogen and oxygen atoms in total. The van der Waals surface area contributed by atoms with E-state index in [1.54, 1.807) is 19.1 Å². The smallest absolute Gasteiger partial charge is 0.416 e. The summed E-state index contributed by atoms with van der Waals surface area (Å²) in [6, 6.07) is 8.85. The largest absolute Gasteiger partial charge is 0.476 e. The van der Waals surface area contributed by atoms with Gasteiger partial charge in [-0.25, -0.2) is 18.6 Å². The number of nitrogens with zero attached hydrogens (tertiary/aromatic N) is 3. The zero-order chi connectivity index (χ0) is 30.8. The van der Waals surface area contributed by atoms with Gasteiger partial charge in [0.25, 0.3) is 5.91 Å². The first-order chi connectivity index (χ1) is 19.8. The Labute approximate surface area is 242 Å². The van der Waals surface area contributed by atoms with E-state index in [2.05, 4.69) is 25.9 Å². The monoisotopic (exact) mass is 654 g/mol. The number of carbonyl (C=O) groups is 2. The topological polar surface area (TPSA) is 132 Å². The molecule has 2 aromatic heterocycles. The summed E-state index contributed by atoms with van der Waals surface area (Å²) in [7, 11) is 0. The number of oxazole rings is 1. The van der Waals surface area contributed by atoms with Gasteiger partial charge in [-0.2, -0.15) is 13.2 Å². The van der Waals surface area contributed by atoms with E-state index >= 15 is 4.39 Å². The molecular formula is C27H20BrF5N4O5. The molecule has 0 spiro atoms. The maximum Gasteiger partial charge on any atom is 0.416 e. The normalized spacial score (nSPS) is 12.2. The lowest BCUT2D eigenvalue weighted by Gasteiger charge is -2.25. The zero-order valence-corrected chi connectivity index (χ0v) is 23.0. The molecule has 42 heavy (non-hydrogen) atoms. The van der Waals surface area contributed by atoms with E-state index in [0.29, 0.717) is 11.3 Å². The number of rotatable bonds is 9. The first-order valence-electron chi connectivity index (χ1n) is 11.9. The third-order valence-corrected chi connectivity index (χ3v) is 6.61. The molecule has 220 valence electrons. The Hall–Kier alpha value is -4.53. The highest BCUT2D eigenvalue weighted by Crippen LogP contribution is 2.36. The molecule has 2 aromatic carbocycles. The molecule has 1 unspecified atom stereocenters. The second kappa shape index (κ2) is 12.1. The van der Waals surface area contributed by atoms with Gasteiger partial charge in [0.2, 0.25) is 5.89 Å². The fraction of sp³-hybridized carbons (Fsp3) is 0.185. The molecule has 15 heteroatoms. The van der Waals surface area contributed by atoms with Gasteiger partial charge in [-0.1, -0.05) is 18.2 Å². The number of hydrogen-bond donors (Lipinski definition) is 2. The highest BCUT2D eigenvalue weighted by molar-refractivity contribution is 9.10. The Morgan fingerprint density at radius 2 is 1.83 bits per heavy atom. The molecule has 4 rings (SSSR count). The van der Waals surface area contributed by atoms with E-state index in [9.17, 15) is 32.3 Å². The van der Waals surface area contributed by atoms with Crippen molar-refractivity contribution in [3.05, 3.63) is 99.3 Å². The summed E-state index contributed by atoms with van der Waals surface area (Å²) in [6.45, 7) is 0.969. The van der Waals surface area contributed by atoms with Crippen molar-refractivity contribution in [2.24, 2.45) is 5.73 Å². The van der Waals surface area contributed by atoms with Gasteiger partial charge in [0.1, 0.15) is 17.1 Å². The third-order valence-electron chi connectivity index (χ3n) is 6.07. The Balaban J connectivity index is 1.75. The number of primary amides is 1. The molecule has 0 fully saturated rings. The number of carboxylic acid groups (broad SMARTS) is 1. The number of halogens is 6. The number of hydrogen-bond acceptors (Lipinski definition) is 6. The molecule has 1 atom stereocenters. The van der Waals surface area contributed by atoms with Gasteiger partial charge < -0.3 is 20.0 Å². The molecular weight excluding hydrogens is 635 g/mol. The molecule has 0 aliphatic carbocycles. The standard InChI is InChI=1S/C27H20BrF5N4O5/c1-13-15(3-2-10-35-13)11-37(26(39)40)12-19(41-18-9-8-17(29)20(21(18)30)24(34)38)25-36-22(23(28)42-25)14-4-6-16(7-5-14)27(31,32)33/h2-10,19H,11-12H2,1H3,(H2,34,38)(H,39,40). The van der Waals surface area contributed by atoms with E-state index in [1.807, 2.05) is 0 Å². The number of pyridine rings is 1. The Morgan fingerprint density at radius 3 is 2.43 bits per heavy atom. The van der Waals surface area contributed by atoms with Crippen LogP contribution in [0.25, 0.3) is 11.3 Å². The predicted octanol–water partition coefficient (Wildman–Crippen LogP) is 6.50.